The number of carbonyl (C=O) groups is 4. The normalized spacial score (nSPS) is 23.1. The maximum absolute atomic E-state index is 14.2. The Kier molecular flexibility index (Phi) is 9.15. The van der Waals surface area contributed by atoms with E-state index in [4.69, 9.17) is 14.0 Å². The monoisotopic (exact) mass is 670 g/mol. The van der Waals surface area contributed by atoms with Gasteiger partial charge in [0.15, 0.2) is 0 Å². The quantitative estimate of drug-likeness (QED) is 0.233. The van der Waals surface area contributed by atoms with E-state index in [1.54, 1.807) is 53.7 Å². The van der Waals surface area contributed by atoms with Gasteiger partial charge in [0.05, 0.1) is 12.5 Å². The number of carbonyl (C=O) groups excluding carboxylic acids is 3. The molecule has 1 saturated carbocycles. The van der Waals surface area contributed by atoms with Gasteiger partial charge < -0.3 is 34.6 Å². The number of rotatable bonds is 8. The van der Waals surface area contributed by atoms with Gasteiger partial charge in [0.2, 0.25) is 18.2 Å². The van der Waals surface area contributed by atoms with Crippen molar-refractivity contribution in [1.82, 2.24) is 15.5 Å². The van der Waals surface area contributed by atoms with Crippen LogP contribution in [0.15, 0.2) is 58.1 Å². The second kappa shape index (κ2) is 12.7. The Morgan fingerprint density at radius 1 is 1.00 bits per heavy atom. The van der Waals surface area contributed by atoms with Gasteiger partial charge in [-0.1, -0.05) is 50.2 Å². The zero-order valence-corrected chi connectivity index (χ0v) is 27.6. The Morgan fingerprint density at radius 2 is 1.58 bits per heavy atom. The summed E-state index contributed by atoms with van der Waals surface area (Å²) in [5, 5.41) is 20.9. The summed E-state index contributed by atoms with van der Waals surface area (Å²) < 4.78 is 38.5. The van der Waals surface area contributed by atoms with Gasteiger partial charge in [-0.25, -0.2) is 18.4 Å². The Morgan fingerprint density at radius 3 is 2.08 bits per heavy atom. The van der Waals surface area contributed by atoms with Gasteiger partial charge in [0, 0.05) is 17.2 Å². The zero-order chi connectivity index (χ0) is 35.2. The summed E-state index contributed by atoms with van der Waals surface area (Å²) in [7, 11) is 0. The summed E-state index contributed by atoms with van der Waals surface area (Å²) in [6.45, 7) is 9.99. The molecule has 1 aliphatic carbocycles. The average molecular weight is 671 g/mol. The molecular formula is C34H40F2N4O8. The Balaban J connectivity index is 1.49. The van der Waals surface area contributed by atoms with Crippen LogP contribution in [0.5, 0.6) is 0 Å². The van der Waals surface area contributed by atoms with Crippen molar-refractivity contribution < 1.29 is 47.1 Å². The molecule has 2 aliphatic rings. The predicted octanol–water partition coefficient (Wildman–Crippen LogP) is 4.55. The molecule has 0 radical (unpaired) electrons. The number of hydrogen-bond donors (Lipinski definition) is 3. The average Bonchev–Trinajstić information content (AvgIpc) is 3.58. The van der Waals surface area contributed by atoms with Crippen LogP contribution in [0.1, 0.15) is 54.4 Å². The molecule has 14 heteroatoms. The van der Waals surface area contributed by atoms with E-state index in [0.717, 1.165) is 0 Å². The number of nitrogens with one attached hydrogen (secondary N) is 2. The molecular weight excluding hydrogens is 630 g/mol. The summed E-state index contributed by atoms with van der Waals surface area (Å²) in [5.41, 5.74) is -2.78. The molecule has 0 unspecified atom stereocenters. The molecule has 0 spiro atoms. The number of aliphatic carboxylic acids is 1. The van der Waals surface area contributed by atoms with Crippen LogP contribution >= 0.6 is 0 Å². The van der Waals surface area contributed by atoms with Crippen LogP contribution in [-0.2, 0) is 24.0 Å². The molecule has 1 aromatic heterocycles. The van der Waals surface area contributed by atoms with Gasteiger partial charge >= 0.3 is 12.1 Å². The third-order valence-corrected chi connectivity index (χ3v) is 8.47. The first-order chi connectivity index (χ1) is 22.4. The van der Waals surface area contributed by atoms with Crippen molar-refractivity contribution in [1.29, 1.82) is 0 Å². The lowest BCUT2D eigenvalue weighted by atomic mass is 9.85. The summed E-state index contributed by atoms with van der Waals surface area (Å²) >= 11 is 0. The summed E-state index contributed by atoms with van der Waals surface area (Å²) in [6, 6.07) is 11.9. The van der Waals surface area contributed by atoms with E-state index in [2.05, 4.69) is 15.8 Å². The molecule has 5 rings (SSSR count). The van der Waals surface area contributed by atoms with E-state index in [-0.39, 0.29) is 13.0 Å². The van der Waals surface area contributed by atoms with Crippen molar-refractivity contribution in [2.24, 2.45) is 16.5 Å². The minimum Gasteiger partial charge on any atom is -0.479 e. The minimum absolute atomic E-state index is 0.132. The summed E-state index contributed by atoms with van der Waals surface area (Å²) in [5.74, 6) is -4.76. The molecule has 3 N–H and O–H groups in total. The van der Waals surface area contributed by atoms with Gasteiger partial charge in [-0.3, -0.25) is 9.59 Å². The Hall–Kier alpha value is -4.75. The largest absolute Gasteiger partial charge is 0.479 e. The third-order valence-electron chi connectivity index (χ3n) is 8.47. The molecule has 1 aliphatic heterocycles. The number of amides is 3. The first-order valence-corrected chi connectivity index (χ1v) is 15.7. The molecule has 258 valence electrons. The van der Waals surface area contributed by atoms with E-state index < -0.39 is 77.4 Å². The number of carboxylic acids is 1. The van der Waals surface area contributed by atoms with E-state index in [1.807, 2.05) is 36.4 Å². The molecule has 0 bridgehead atoms. The molecule has 2 fully saturated rings. The van der Waals surface area contributed by atoms with Gasteiger partial charge in [-0.2, -0.15) is 0 Å². The van der Waals surface area contributed by atoms with Crippen molar-refractivity contribution in [3.05, 3.63) is 53.9 Å². The highest BCUT2D eigenvalue weighted by Crippen LogP contribution is 2.48. The number of likely N-dealkylation sites (tertiary alicyclic amines) is 1. The maximum atomic E-state index is 14.2. The fourth-order valence-corrected chi connectivity index (χ4v) is 5.94. The predicted molar refractivity (Wildman–Crippen MR) is 170 cm³/mol. The van der Waals surface area contributed by atoms with Crippen LogP contribution in [-0.4, -0.2) is 76.2 Å². The van der Waals surface area contributed by atoms with E-state index in [0.29, 0.717) is 27.3 Å². The highest BCUT2D eigenvalue weighted by Gasteiger charge is 2.66. The second-order valence-electron chi connectivity index (χ2n) is 14.4. The molecule has 3 amide bonds. The molecule has 12 nitrogen and oxygen atoms in total. The van der Waals surface area contributed by atoms with E-state index in [1.165, 1.54) is 4.90 Å². The number of alkyl carbamates (subject to hydrolysis) is 1. The number of ether oxygens (including phenoxy) is 1. The fraction of sp³-hybridized carbons (Fsp3) is 0.500. The van der Waals surface area contributed by atoms with Crippen LogP contribution in [0, 0.1) is 11.3 Å². The number of fused-ring (bicyclic) bond motifs is 2. The molecule has 2 aromatic carbocycles. The number of hydrogen-bond acceptors (Lipinski definition) is 8. The lowest BCUT2D eigenvalue weighted by molar-refractivity contribution is -0.147. The first kappa shape index (κ1) is 34.6. The number of alkyl halides is 2. The minimum atomic E-state index is -2.97. The molecule has 48 heavy (non-hydrogen) atoms. The standard InChI is InChI=1S/C34H40F2N4O8/c1-32(2,3)26(37-31(45)47-33(4,5)6)29(42)40-17-18(15-22(40)28(41)38-34(30(43)44)16-21(34)27(35)36)48-39-25-19-11-7-9-13-23(19)46-24-14-10-8-12-20(24)25/h7-14,18,21-22,26-27H,15-17H2,1-6H3,(H,37,45)(H,38,41)(H,43,44)/t18-,21+,22+,26-,34+/m1/s1. The number of carboxylic acid groups (broad SMARTS) is 1. The van der Waals surface area contributed by atoms with Crippen molar-refractivity contribution in [2.75, 3.05) is 6.54 Å². The van der Waals surface area contributed by atoms with Crippen LogP contribution < -0.4 is 16.0 Å². The SMILES string of the molecule is CC(C)(C)OC(=O)N[C@H](C(=O)N1C[C@H](ON=c2c3ccccc3oc3ccccc23)C[C@H]1C(=O)N[C@@]1(C(=O)O)C[C@H]1C(F)F)C(C)(C)C. The Bertz CT molecular complexity index is 1760. The van der Waals surface area contributed by atoms with E-state index in [9.17, 15) is 33.1 Å². The van der Waals surface area contributed by atoms with Crippen LogP contribution in [0.4, 0.5) is 13.6 Å². The van der Waals surface area contributed by atoms with Crippen molar-refractivity contribution in [3.63, 3.8) is 0 Å². The number of halogens is 2. The van der Waals surface area contributed by atoms with Gasteiger partial charge in [-0.15, -0.1) is 0 Å². The molecule has 5 atom stereocenters. The van der Waals surface area contributed by atoms with Crippen molar-refractivity contribution in [3.8, 4) is 0 Å². The molecule has 1 saturated heterocycles. The Labute approximate surface area is 275 Å². The molecule has 3 aromatic rings. The summed E-state index contributed by atoms with van der Waals surface area (Å²) in [4.78, 5) is 59.9. The van der Waals surface area contributed by atoms with Gasteiger partial charge in [0.1, 0.15) is 45.9 Å². The fourth-order valence-electron chi connectivity index (χ4n) is 5.94. The van der Waals surface area contributed by atoms with Crippen LogP contribution in [0.2, 0.25) is 0 Å². The molecule has 2 heterocycles. The summed E-state index contributed by atoms with van der Waals surface area (Å²) in [6.07, 6.45) is -5.27. The lowest BCUT2D eigenvalue weighted by Crippen LogP contribution is -2.59. The number of benzene rings is 2. The second-order valence-corrected chi connectivity index (χ2v) is 14.4. The first-order valence-electron chi connectivity index (χ1n) is 15.7. The number of nitrogens with zero attached hydrogens (tertiary/aromatic N) is 2. The van der Waals surface area contributed by atoms with Crippen LogP contribution in [0.25, 0.3) is 21.9 Å². The highest BCUT2D eigenvalue weighted by molar-refractivity contribution is 5.96. The van der Waals surface area contributed by atoms with E-state index >= 15 is 0 Å². The number of para-hydroxylation sites is 2. The zero-order valence-electron chi connectivity index (χ0n) is 27.6. The smallest absolute Gasteiger partial charge is 0.408 e. The van der Waals surface area contributed by atoms with Crippen molar-refractivity contribution >= 4 is 45.8 Å². The topological polar surface area (TPSA) is 160 Å². The highest BCUT2D eigenvalue weighted by atomic mass is 19.3. The van der Waals surface area contributed by atoms with Gasteiger partial charge in [-0.05, 0) is 56.9 Å². The van der Waals surface area contributed by atoms with Crippen LogP contribution in [0.3, 0.4) is 0 Å². The van der Waals surface area contributed by atoms with Gasteiger partial charge in [0.25, 0.3) is 0 Å². The maximum Gasteiger partial charge on any atom is 0.408 e. The third kappa shape index (κ3) is 7.07. The lowest BCUT2D eigenvalue weighted by Gasteiger charge is -2.35. The van der Waals surface area contributed by atoms with Crippen molar-refractivity contribution in [2.45, 2.75) is 90.1 Å².